The highest BCUT2D eigenvalue weighted by Gasteiger charge is 2.15. The molecule has 1 aromatic rings. The lowest BCUT2D eigenvalue weighted by Gasteiger charge is -2.16. The molecule has 0 spiro atoms. The third kappa shape index (κ3) is 4.35. The highest BCUT2D eigenvalue weighted by molar-refractivity contribution is 7.89. The van der Waals surface area contributed by atoms with Crippen LogP contribution in [0.3, 0.4) is 0 Å². The molecule has 0 saturated carbocycles. The normalized spacial score (nSPS) is 18.7. The molecule has 0 radical (unpaired) electrons. The fraction of sp³-hybridized carbons (Fsp3) is 0.800. The zero-order valence-electron chi connectivity index (χ0n) is 10.4. The van der Waals surface area contributed by atoms with Gasteiger partial charge in [0.15, 0.2) is 15.7 Å². The van der Waals surface area contributed by atoms with Gasteiger partial charge in [-0.25, -0.2) is 8.42 Å². The second-order valence-corrected chi connectivity index (χ2v) is 6.69. The highest BCUT2D eigenvalue weighted by atomic mass is 32.2. The van der Waals surface area contributed by atoms with Crippen LogP contribution in [-0.2, 0) is 22.1 Å². The number of sulfone groups is 1. The molecule has 1 N–H and O–H groups in total. The van der Waals surface area contributed by atoms with Crippen LogP contribution in [0.1, 0.15) is 18.1 Å². The summed E-state index contributed by atoms with van der Waals surface area (Å²) in [6, 6.07) is 0. The van der Waals surface area contributed by atoms with Gasteiger partial charge in [0.05, 0.1) is 6.54 Å². The minimum absolute atomic E-state index is 0.169. The van der Waals surface area contributed by atoms with Gasteiger partial charge in [0.2, 0.25) is 5.89 Å². The van der Waals surface area contributed by atoms with E-state index >= 15 is 0 Å². The summed E-state index contributed by atoms with van der Waals surface area (Å²) in [5, 5.41) is 6.99. The number of hydrogen-bond acceptors (Lipinski definition) is 7. The van der Waals surface area contributed by atoms with E-state index < -0.39 is 9.84 Å². The van der Waals surface area contributed by atoms with Crippen molar-refractivity contribution in [3.8, 4) is 0 Å². The van der Waals surface area contributed by atoms with Gasteiger partial charge in [0, 0.05) is 19.3 Å². The van der Waals surface area contributed by atoms with Gasteiger partial charge in [-0.15, -0.1) is 0 Å². The number of rotatable bonds is 4. The molecule has 8 heteroatoms. The van der Waals surface area contributed by atoms with Crippen LogP contribution in [0.25, 0.3) is 0 Å². The Labute approximate surface area is 106 Å². The highest BCUT2D eigenvalue weighted by Crippen LogP contribution is 2.06. The van der Waals surface area contributed by atoms with E-state index in [1.165, 1.54) is 0 Å². The maximum Gasteiger partial charge on any atom is 0.240 e. The van der Waals surface area contributed by atoms with Gasteiger partial charge >= 0.3 is 0 Å². The molecule has 1 saturated heterocycles. The third-order valence-corrected chi connectivity index (χ3v) is 3.48. The first kappa shape index (κ1) is 13.4. The molecule has 2 rings (SSSR count). The Morgan fingerprint density at radius 1 is 1.39 bits per heavy atom. The van der Waals surface area contributed by atoms with Crippen LogP contribution in [0.2, 0.25) is 0 Å². The molecule has 0 aliphatic carbocycles. The first-order chi connectivity index (χ1) is 8.53. The summed E-state index contributed by atoms with van der Waals surface area (Å²) in [4.78, 5) is 6.32. The van der Waals surface area contributed by atoms with Gasteiger partial charge in [-0.1, -0.05) is 5.16 Å². The van der Waals surface area contributed by atoms with E-state index in [0.717, 1.165) is 38.9 Å². The summed E-state index contributed by atoms with van der Waals surface area (Å²) in [6.45, 7) is 4.48. The van der Waals surface area contributed by atoms with E-state index in [9.17, 15) is 8.42 Å². The summed E-state index contributed by atoms with van der Waals surface area (Å²) < 4.78 is 27.3. The van der Waals surface area contributed by atoms with E-state index in [-0.39, 0.29) is 11.6 Å². The molecule has 1 aromatic heterocycles. The molecule has 18 heavy (non-hydrogen) atoms. The minimum atomic E-state index is -3.11. The lowest BCUT2D eigenvalue weighted by molar-refractivity contribution is 0.238. The average Bonchev–Trinajstić information content (AvgIpc) is 2.53. The minimum Gasteiger partial charge on any atom is -0.338 e. The van der Waals surface area contributed by atoms with Gasteiger partial charge < -0.3 is 9.84 Å². The van der Waals surface area contributed by atoms with E-state index in [1.807, 2.05) is 0 Å². The van der Waals surface area contributed by atoms with Crippen molar-refractivity contribution < 1.29 is 12.9 Å². The Bertz CT molecular complexity index is 477. The molecular formula is C10H18N4O3S. The Hall–Kier alpha value is -0.990. The third-order valence-electron chi connectivity index (χ3n) is 2.69. The Morgan fingerprint density at radius 2 is 2.22 bits per heavy atom. The van der Waals surface area contributed by atoms with E-state index in [4.69, 9.17) is 4.52 Å². The monoisotopic (exact) mass is 274 g/mol. The Balaban J connectivity index is 1.93. The van der Waals surface area contributed by atoms with Gasteiger partial charge in [-0.2, -0.15) is 4.98 Å². The van der Waals surface area contributed by atoms with Crippen molar-refractivity contribution in [2.75, 3.05) is 32.4 Å². The van der Waals surface area contributed by atoms with Crippen LogP contribution in [0, 0.1) is 0 Å². The summed E-state index contributed by atoms with van der Waals surface area (Å²) in [7, 11) is -3.11. The van der Waals surface area contributed by atoms with Gasteiger partial charge in [-0.3, -0.25) is 4.90 Å². The fourth-order valence-corrected chi connectivity index (χ4v) is 2.48. The van der Waals surface area contributed by atoms with E-state index in [2.05, 4.69) is 20.4 Å². The fourth-order valence-electron chi connectivity index (χ4n) is 1.90. The molecule has 2 heterocycles. The summed E-state index contributed by atoms with van der Waals surface area (Å²) in [5.74, 6) is 0.550. The quantitative estimate of drug-likeness (QED) is 0.785. The standard InChI is InChI=1S/C10H18N4O3S/c1-18(15,16)8-9-12-10(17-13-9)7-14-5-2-3-11-4-6-14/h11H,2-8H2,1H3. The van der Waals surface area contributed by atoms with Crippen molar-refractivity contribution in [3.63, 3.8) is 0 Å². The number of nitrogens with one attached hydrogen (secondary N) is 1. The first-order valence-electron chi connectivity index (χ1n) is 5.95. The lowest BCUT2D eigenvalue weighted by Crippen LogP contribution is -2.27. The van der Waals surface area contributed by atoms with Crippen LogP contribution < -0.4 is 5.32 Å². The SMILES string of the molecule is CS(=O)(=O)Cc1noc(CN2CCCNCC2)n1. The molecule has 102 valence electrons. The smallest absolute Gasteiger partial charge is 0.240 e. The number of aromatic nitrogens is 2. The van der Waals surface area contributed by atoms with Gasteiger partial charge in [-0.05, 0) is 19.5 Å². The molecular weight excluding hydrogens is 256 g/mol. The van der Waals surface area contributed by atoms with E-state index in [0.29, 0.717) is 12.4 Å². The summed E-state index contributed by atoms with van der Waals surface area (Å²) in [6.07, 6.45) is 2.24. The molecule has 0 bridgehead atoms. The Morgan fingerprint density at radius 3 is 3.00 bits per heavy atom. The molecule has 0 aromatic carbocycles. The van der Waals surface area contributed by atoms with Gasteiger partial charge in [0.25, 0.3) is 0 Å². The maximum atomic E-state index is 11.1. The summed E-state index contributed by atoms with van der Waals surface area (Å²) in [5.41, 5.74) is 0. The number of nitrogens with zero attached hydrogens (tertiary/aromatic N) is 3. The number of hydrogen-bond donors (Lipinski definition) is 1. The van der Waals surface area contributed by atoms with Crippen LogP contribution >= 0.6 is 0 Å². The molecule has 1 fully saturated rings. The molecule has 1 aliphatic rings. The molecule has 0 atom stereocenters. The lowest BCUT2D eigenvalue weighted by atomic mass is 10.4. The average molecular weight is 274 g/mol. The van der Waals surface area contributed by atoms with Crippen molar-refractivity contribution >= 4 is 9.84 Å². The molecule has 0 unspecified atom stereocenters. The van der Waals surface area contributed by atoms with Crippen LogP contribution in [0.5, 0.6) is 0 Å². The molecule has 1 aliphatic heterocycles. The van der Waals surface area contributed by atoms with Crippen molar-refractivity contribution in [2.24, 2.45) is 0 Å². The topological polar surface area (TPSA) is 88.3 Å². The van der Waals surface area contributed by atoms with Crippen molar-refractivity contribution in [3.05, 3.63) is 11.7 Å². The summed E-state index contributed by atoms with van der Waals surface area (Å²) >= 11 is 0. The van der Waals surface area contributed by atoms with E-state index in [1.54, 1.807) is 0 Å². The maximum absolute atomic E-state index is 11.1. The molecule has 7 nitrogen and oxygen atoms in total. The van der Waals surface area contributed by atoms with Crippen molar-refractivity contribution in [2.45, 2.75) is 18.7 Å². The largest absolute Gasteiger partial charge is 0.338 e. The van der Waals surface area contributed by atoms with Crippen LogP contribution in [-0.4, -0.2) is 55.9 Å². The zero-order chi connectivity index (χ0) is 13.0. The second-order valence-electron chi connectivity index (χ2n) is 4.55. The van der Waals surface area contributed by atoms with Crippen molar-refractivity contribution in [1.82, 2.24) is 20.4 Å². The van der Waals surface area contributed by atoms with Crippen LogP contribution in [0.4, 0.5) is 0 Å². The Kier molecular flexibility index (Phi) is 4.31. The molecule has 0 amide bonds. The van der Waals surface area contributed by atoms with Gasteiger partial charge in [0.1, 0.15) is 5.75 Å². The predicted octanol–water partition coefficient (Wildman–Crippen LogP) is -0.590. The zero-order valence-corrected chi connectivity index (χ0v) is 11.2. The second kappa shape index (κ2) is 5.77. The predicted molar refractivity (Wildman–Crippen MR) is 65.6 cm³/mol. The van der Waals surface area contributed by atoms with Crippen LogP contribution in [0.15, 0.2) is 4.52 Å². The van der Waals surface area contributed by atoms with Crippen molar-refractivity contribution in [1.29, 1.82) is 0 Å². The first-order valence-corrected chi connectivity index (χ1v) is 8.01.